The molecule has 0 N–H and O–H groups in total. The second-order valence-electron chi connectivity index (χ2n) is 5.46. The van der Waals surface area contributed by atoms with Gasteiger partial charge in [0.15, 0.2) is 0 Å². The summed E-state index contributed by atoms with van der Waals surface area (Å²) >= 11 is 0. The third kappa shape index (κ3) is 3.33. The van der Waals surface area contributed by atoms with Crippen molar-refractivity contribution < 1.29 is 19.1 Å². The van der Waals surface area contributed by atoms with Crippen LogP contribution in [-0.4, -0.2) is 42.3 Å². The number of hydrogen-bond donors (Lipinski definition) is 0. The second-order valence-corrected chi connectivity index (χ2v) is 5.46. The van der Waals surface area contributed by atoms with Gasteiger partial charge in [0.2, 0.25) is 5.91 Å². The maximum atomic E-state index is 12.0. The normalized spacial score (nSPS) is 24.6. The minimum atomic E-state index is -0.520. The number of Topliss-reactive ketones (excluding diaryl/α,β-unsaturated/α-hetero) is 1. The first kappa shape index (κ1) is 14.0. The molecule has 1 atom stereocenters. The molecule has 1 amide bonds. The number of hydrogen-bond acceptors (Lipinski definition) is 4. The summed E-state index contributed by atoms with van der Waals surface area (Å²) in [6.45, 7) is 0.485. The first-order chi connectivity index (χ1) is 9.11. The van der Waals surface area contributed by atoms with Gasteiger partial charge in [0.25, 0.3) is 0 Å². The van der Waals surface area contributed by atoms with Gasteiger partial charge < -0.3 is 9.64 Å². The lowest BCUT2D eigenvalue weighted by Crippen LogP contribution is -2.38. The standard InChI is InChI=1S/C14H21NO4/c1-19-14(18)8-12(16)10-7-13(17)15(9-10)11-5-3-2-4-6-11/h10-11H,2-9H2,1H3/t10-/m0/s1. The van der Waals surface area contributed by atoms with Crippen molar-refractivity contribution in [3.8, 4) is 0 Å². The highest BCUT2D eigenvalue weighted by atomic mass is 16.5. The van der Waals surface area contributed by atoms with Gasteiger partial charge in [-0.3, -0.25) is 14.4 Å². The molecule has 5 heteroatoms. The molecule has 2 fully saturated rings. The van der Waals surface area contributed by atoms with E-state index in [1.54, 1.807) is 0 Å². The predicted octanol–water partition coefficient (Wildman–Crippen LogP) is 1.30. The fourth-order valence-corrected chi connectivity index (χ4v) is 3.05. The highest BCUT2D eigenvalue weighted by molar-refractivity contribution is 5.99. The molecule has 19 heavy (non-hydrogen) atoms. The molecule has 0 bridgehead atoms. The summed E-state index contributed by atoms with van der Waals surface area (Å²) < 4.78 is 4.49. The summed E-state index contributed by atoms with van der Waals surface area (Å²) in [5.74, 6) is -0.948. The molecule has 1 saturated heterocycles. The Morgan fingerprint density at radius 2 is 1.95 bits per heavy atom. The van der Waals surface area contributed by atoms with Crippen molar-refractivity contribution in [3.63, 3.8) is 0 Å². The molecule has 5 nitrogen and oxygen atoms in total. The van der Waals surface area contributed by atoms with E-state index >= 15 is 0 Å². The van der Waals surface area contributed by atoms with Crippen LogP contribution in [0.4, 0.5) is 0 Å². The van der Waals surface area contributed by atoms with Crippen LogP contribution in [0.1, 0.15) is 44.9 Å². The summed E-state index contributed by atoms with van der Waals surface area (Å²) in [5.41, 5.74) is 0. The Balaban J connectivity index is 1.91. The first-order valence-electron chi connectivity index (χ1n) is 7.01. The van der Waals surface area contributed by atoms with E-state index in [0.29, 0.717) is 12.6 Å². The molecular weight excluding hydrogens is 246 g/mol. The van der Waals surface area contributed by atoms with Crippen LogP contribution in [0.25, 0.3) is 0 Å². The van der Waals surface area contributed by atoms with Crippen LogP contribution in [0, 0.1) is 5.92 Å². The van der Waals surface area contributed by atoms with Crippen molar-refractivity contribution in [2.24, 2.45) is 5.92 Å². The highest BCUT2D eigenvalue weighted by Crippen LogP contribution is 2.29. The van der Waals surface area contributed by atoms with Gasteiger partial charge in [-0.1, -0.05) is 19.3 Å². The molecule has 0 spiro atoms. The summed E-state index contributed by atoms with van der Waals surface area (Å²) in [4.78, 5) is 36.9. The lowest BCUT2D eigenvalue weighted by Gasteiger charge is -2.31. The molecule has 0 aromatic heterocycles. The maximum absolute atomic E-state index is 12.0. The van der Waals surface area contributed by atoms with E-state index in [9.17, 15) is 14.4 Å². The lowest BCUT2D eigenvalue weighted by molar-refractivity contribution is -0.144. The SMILES string of the molecule is COC(=O)CC(=O)[C@H]1CC(=O)N(C2CCCCC2)C1. The molecule has 0 radical (unpaired) electrons. The van der Waals surface area contributed by atoms with E-state index < -0.39 is 5.97 Å². The van der Waals surface area contributed by atoms with Gasteiger partial charge >= 0.3 is 5.97 Å². The zero-order chi connectivity index (χ0) is 13.8. The van der Waals surface area contributed by atoms with E-state index in [1.807, 2.05) is 4.90 Å². The third-order valence-corrected chi connectivity index (χ3v) is 4.18. The monoisotopic (exact) mass is 267 g/mol. The van der Waals surface area contributed by atoms with E-state index in [4.69, 9.17) is 0 Å². The number of esters is 1. The Morgan fingerprint density at radius 1 is 1.26 bits per heavy atom. The zero-order valence-corrected chi connectivity index (χ0v) is 11.4. The topological polar surface area (TPSA) is 63.7 Å². The fraction of sp³-hybridized carbons (Fsp3) is 0.786. The number of rotatable bonds is 4. The van der Waals surface area contributed by atoms with E-state index in [0.717, 1.165) is 25.7 Å². The van der Waals surface area contributed by atoms with Crippen LogP contribution in [0.2, 0.25) is 0 Å². The van der Waals surface area contributed by atoms with Crippen molar-refractivity contribution in [1.82, 2.24) is 4.90 Å². The Bertz CT molecular complexity index is 374. The molecule has 1 aliphatic heterocycles. The van der Waals surface area contributed by atoms with Crippen molar-refractivity contribution in [3.05, 3.63) is 0 Å². The second kappa shape index (κ2) is 6.17. The zero-order valence-electron chi connectivity index (χ0n) is 11.4. The number of carbonyl (C=O) groups excluding carboxylic acids is 3. The van der Waals surface area contributed by atoms with Gasteiger partial charge in [-0.25, -0.2) is 0 Å². The number of ketones is 1. The Morgan fingerprint density at radius 3 is 2.58 bits per heavy atom. The molecule has 0 unspecified atom stereocenters. The first-order valence-corrected chi connectivity index (χ1v) is 7.01. The van der Waals surface area contributed by atoms with Crippen LogP contribution in [0.3, 0.4) is 0 Å². The Kier molecular flexibility index (Phi) is 4.56. The summed E-state index contributed by atoms with van der Waals surface area (Å²) in [6, 6.07) is 0.303. The summed E-state index contributed by atoms with van der Waals surface area (Å²) in [5, 5.41) is 0. The molecule has 106 valence electrons. The van der Waals surface area contributed by atoms with Crippen LogP contribution >= 0.6 is 0 Å². The lowest BCUT2D eigenvalue weighted by atomic mass is 9.94. The summed E-state index contributed by atoms with van der Waals surface area (Å²) in [7, 11) is 1.27. The van der Waals surface area contributed by atoms with Crippen molar-refractivity contribution >= 4 is 17.7 Å². The van der Waals surface area contributed by atoms with Crippen LogP contribution in [0.5, 0.6) is 0 Å². The minimum absolute atomic E-state index is 0.0649. The number of methoxy groups -OCH3 is 1. The number of amides is 1. The minimum Gasteiger partial charge on any atom is -0.469 e. The molecule has 0 aromatic carbocycles. The molecule has 2 aliphatic rings. The Labute approximate surface area is 113 Å². The van der Waals surface area contributed by atoms with Gasteiger partial charge in [0.05, 0.1) is 7.11 Å². The molecular formula is C14H21NO4. The molecule has 1 aliphatic carbocycles. The van der Waals surface area contributed by atoms with Crippen molar-refractivity contribution in [2.45, 2.75) is 51.0 Å². The maximum Gasteiger partial charge on any atom is 0.313 e. The van der Waals surface area contributed by atoms with Crippen molar-refractivity contribution in [2.75, 3.05) is 13.7 Å². The van der Waals surface area contributed by atoms with Crippen LogP contribution < -0.4 is 0 Å². The summed E-state index contributed by atoms with van der Waals surface area (Å²) in [6.07, 6.45) is 5.69. The van der Waals surface area contributed by atoms with Gasteiger partial charge in [-0.15, -0.1) is 0 Å². The van der Waals surface area contributed by atoms with Crippen molar-refractivity contribution in [1.29, 1.82) is 0 Å². The smallest absolute Gasteiger partial charge is 0.313 e. The van der Waals surface area contributed by atoms with Crippen LogP contribution in [-0.2, 0) is 19.1 Å². The van der Waals surface area contributed by atoms with Gasteiger partial charge in [-0.2, -0.15) is 0 Å². The number of carbonyl (C=O) groups is 3. The van der Waals surface area contributed by atoms with E-state index in [-0.39, 0.29) is 30.4 Å². The quantitative estimate of drug-likeness (QED) is 0.569. The fourth-order valence-electron chi connectivity index (χ4n) is 3.05. The number of ether oxygens (including phenoxy) is 1. The van der Waals surface area contributed by atoms with Gasteiger partial charge in [-0.05, 0) is 12.8 Å². The Hall–Kier alpha value is -1.39. The molecule has 1 saturated carbocycles. The van der Waals surface area contributed by atoms with E-state index in [1.165, 1.54) is 13.5 Å². The highest BCUT2D eigenvalue weighted by Gasteiger charge is 2.38. The van der Waals surface area contributed by atoms with Gasteiger partial charge in [0.1, 0.15) is 12.2 Å². The third-order valence-electron chi connectivity index (χ3n) is 4.18. The average molecular weight is 267 g/mol. The molecule has 0 aromatic rings. The largest absolute Gasteiger partial charge is 0.469 e. The average Bonchev–Trinajstić information content (AvgIpc) is 2.82. The number of likely N-dealkylation sites (tertiary alicyclic amines) is 1. The van der Waals surface area contributed by atoms with Crippen LogP contribution in [0.15, 0.2) is 0 Å². The molecule has 1 heterocycles. The predicted molar refractivity (Wildman–Crippen MR) is 68.3 cm³/mol. The molecule has 2 rings (SSSR count). The van der Waals surface area contributed by atoms with Gasteiger partial charge in [0, 0.05) is 24.9 Å². The number of nitrogens with zero attached hydrogens (tertiary/aromatic N) is 1. The van der Waals surface area contributed by atoms with E-state index in [2.05, 4.69) is 4.74 Å².